The van der Waals surface area contributed by atoms with Gasteiger partial charge in [0.1, 0.15) is 0 Å². The van der Waals surface area contributed by atoms with Crippen molar-refractivity contribution in [2.24, 2.45) is 0 Å². The van der Waals surface area contributed by atoms with Gasteiger partial charge in [-0.1, -0.05) is 34.8 Å². The van der Waals surface area contributed by atoms with Crippen molar-refractivity contribution in [3.05, 3.63) is 0 Å². The second-order valence-electron chi connectivity index (χ2n) is 1.70. The Bertz CT molecular complexity index is 93.3. The Balaban J connectivity index is 2.54. The van der Waals surface area contributed by atoms with E-state index in [0.29, 0.717) is 13.0 Å². The Morgan fingerprint density at radius 2 is 2.12 bits per heavy atom. The van der Waals surface area contributed by atoms with Gasteiger partial charge in [0, 0.05) is 6.42 Å². The van der Waals surface area contributed by atoms with Crippen LogP contribution in [0.4, 0.5) is 0 Å². The Hall–Kier alpha value is 0.830. The molecule has 1 aliphatic rings. The minimum atomic E-state index is -0.860. The zero-order valence-corrected chi connectivity index (χ0v) is 6.30. The lowest BCUT2D eigenvalue weighted by Crippen LogP contribution is -2.19. The van der Waals surface area contributed by atoms with Gasteiger partial charge in [-0.05, 0) is 0 Å². The van der Waals surface area contributed by atoms with E-state index in [1.807, 2.05) is 0 Å². The molecule has 0 saturated carbocycles. The Labute approximate surface area is 62.9 Å². The van der Waals surface area contributed by atoms with Crippen LogP contribution in [0.25, 0.3) is 0 Å². The number of hydrogen-bond acceptors (Lipinski definition) is 1. The number of hydrogen-bond donors (Lipinski definition) is 0. The van der Waals surface area contributed by atoms with Crippen LogP contribution < -0.4 is 0 Å². The van der Waals surface area contributed by atoms with Crippen LogP contribution in [-0.4, -0.2) is 16.5 Å². The van der Waals surface area contributed by atoms with E-state index in [1.165, 1.54) is 0 Å². The molecule has 0 aliphatic carbocycles. The van der Waals surface area contributed by atoms with Gasteiger partial charge in [-0.15, -0.1) is 0 Å². The Morgan fingerprint density at radius 1 is 1.50 bits per heavy atom. The molecule has 1 nitrogen and oxygen atoms in total. The van der Waals surface area contributed by atoms with Crippen LogP contribution in [0.2, 0.25) is 0 Å². The van der Waals surface area contributed by atoms with Crippen LogP contribution in [0, 0.1) is 0 Å². The molecule has 1 fully saturated rings. The minimum Gasteiger partial charge on any atom is -0.359 e. The molecule has 0 N–H and O–H groups in total. The zero-order valence-electron chi connectivity index (χ0n) is 4.03. The van der Waals surface area contributed by atoms with Gasteiger partial charge in [-0.25, -0.2) is 0 Å². The zero-order chi connectivity index (χ0) is 6.20. The maximum absolute atomic E-state index is 5.63. The van der Waals surface area contributed by atoms with Gasteiger partial charge >= 0.3 is 0 Å². The maximum Gasteiger partial charge on any atom is 0.163 e. The molecule has 4 heteroatoms. The second-order valence-corrected chi connectivity index (χ2v) is 3.64. The Kier molecular flexibility index (Phi) is 1.93. The van der Waals surface area contributed by atoms with Crippen molar-refractivity contribution in [1.29, 1.82) is 0 Å². The van der Waals surface area contributed by atoms with Crippen molar-refractivity contribution in [1.82, 2.24) is 0 Å². The topological polar surface area (TPSA) is 9.23 Å². The van der Waals surface area contributed by atoms with Gasteiger partial charge in [0.2, 0.25) is 0 Å². The fraction of sp³-hybridized carbons (Fsp3) is 1.00. The van der Waals surface area contributed by atoms with Crippen molar-refractivity contribution >= 4 is 34.8 Å². The second kappa shape index (κ2) is 2.22. The number of halogens is 3. The molecule has 0 bridgehead atoms. The molecule has 1 atom stereocenters. The minimum absolute atomic E-state index is 0.536. The molecule has 0 radical (unpaired) electrons. The molecule has 1 aliphatic heterocycles. The summed E-state index contributed by atoms with van der Waals surface area (Å²) in [6, 6.07) is 0. The summed E-state index contributed by atoms with van der Waals surface area (Å²) in [5, 5.41) is 0. The normalized spacial score (nSPS) is 35.6. The van der Waals surface area contributed by atoms with E-state index in [4.69, 9.17) is 39.5 Å². The molecule has 0 aromatic heterocycles. The molecule has 1 rings (SSSR count). The highest BCUT2D eigenvalue weighted by molar-refractivity contribution is 6.52. The van der Waals surface area contributed by atoms with E-state index >= 15 is 0 Å². The average molecular weight is 175 g/mol. The quantitative estimate of drug-likeness (QED) is 0.513. The third-order valence-electron chi connectivity index (χ3n) is 1.03. The first-order valence-corrected chi connectivity index (χ1v) is 3.46. The van der Waals surface area contributed by atoms with E-state index in [0.717, 1.165) is 0 Å². The largest absolute Gasteiger partial charge is 0.359 e. The summed E-state index contributed by atoms with van der Waals surface area (Å²) >= 11 is 16.8. The maximum atomic E-state index is 5.63. The van der Waals surface area contributed by atoms with Crippen molar-refractivity contribution in [2.45, 2.75) is 16.3 Å². The predicted molar refractivity (Wildman–Crippen MR) is 34.6 cm³/mol. The highest BCUT2D eigenvalue weighted by Gasteiger charge is 2.39. The van der Waals surface area contributed by atoms with Crippen LogP contribution >= 0.6 is 34.8 Å². The summed E-state index contributed by atoms with van der Waals surface area (Å²) < 4.78 is 4.01. The molecule has 1 heterocycles. The summed E-state index contributed by atoms with van der Waals surface area (Å²) in [6.45, 7) is 0.557. The molecular weight excluding hydrogens is 170 g/mol. The number of rotatable bonds is 0. The lowest BCUT2D eigenvalue weighted by atomic mass is 10.4. The van der Waals surface area contributed by atoms with E-state index in [-0.39, 0.29) is 0 Å². The van der Waals surface area contributed by atoms with Gasteiger partial charge in [0.05, 0.1) is 6.61 Å². The number of ether oxygens (including phenoxy) is 1. The number of alkyl halides is 3. The van der Waals surface area contributed by atoms with Gasteiger partial charge < -0.3 is 4.74 Å². The summed E-state index contributed by atoms with van der Waals surface area (Å²) in [5.41, 5.74) is -0.536. The molecule has 0 spiro atoms. The molecule has 1 saturated heterocycles. The fourth-order valence-corrected chi connectivity index (χ4v) is 1.01. The molecule has 0 unspecified atom stereocenters. The monoisotopic (exact) mass is 174 g/mol. The molecule has 0 aromatic rings. The third kappa shape index (κ3) is 1.21. The summed E-state index contributed by atoms with van der Waals surface area (Å²) in [5.74, 6) is 0. The summed E-state index contributed by atoms with van der Waals surface area (Å²) in [7, 11) is 0. The summed E-state index contributed by atoms with van der Waals surface area (Å²) in [4.78, 5) is 0. The molecule has 8 heavy (non-hydrogen) atoms. The molecule has 0 amide bonds. The SMILES string of the molecule is Cl[C@@H]1OCCC1(Cl)Cl. The highest BCUT2D eigenvalue weighted by Crippen LogP contribution is 2.38. The van der Waals surface area contributed by atoms with E-state index in [9.17, 15) is 0 Å². The highest BCUT2D eigenvalue weighted by atomic mass is 35.5. The van der Waals surface area contributed by atoms with Crippen LogP contribution in [0.15, 0.2) is 0 Å². The lowest BCUT2D eigenvalue weighted by molar-refractivity contribution is 0.166. The van der Waals surface area contributed by atoms with Crippen molar-refractivity contribution in [3.8, 4) is 0 Å². The van der Waals surface area contributed by atoms with Gasteiger partial charge in [-0.3, -0.25) is 0 Å². The van der Waals surface area contributed by atoms with E-state index in [1.54, 1.807) is 0 Å². The first-order valence-electron chi connectivity index (χ1n) is 2.26. The first-order chi connectivity index (χ1) is 3.63. The van der Waals surface area contributed by atoms with Crippen LogP contribution in [-0.2, 0) is 4.74 Å². The molecule has 0 aromatic carbocycles. The smallest absolute Gasteiger partial charge is 0.163 e. The van der Waals surface area contributed by atoms with Gasteiger partial charge in [0.25, 0.3) is 0 Å². The molecular formula is C4H5Cl3O. The summed E-state index contributed by atoms with van der Waals surface area (Å²) in [6.07, 6.45) is 0.615. The first kappa shape index (κ1) is 6.94. The average Bonchev–Trinajstić information content (AvgIpc) is 1.86. The van der Waals surface area contributed by atoms with Crippen LogP contribution in [0.3, 0.4) is 0 Å². The van der Waals surface area contributed by atoms with Gasteiger partial charge in [-0.2, -0.15) is 0 Å². The van der Waals surface area contributed by atoms with E-state index in [2.05, 4.69) is 0 Å². The van der Waals surface area contributed by atoms with Crippen molar-refractivity contribution in [2.75, 3.05) is 6.61 Å². The van der Waals surface area contributed by atoms with Crippen molar-refractivity contribution in [3.63, 3.8) is 0 Å². The van der Waals surface area contributed by atoms with E-state index < -0.39 is 9.90 Å². The standard InChI is InChI=1S/C4H5Cl3O/c5-3-4(6,7)1-2-8-3/h3H,1-2H2/t3-/m1/s1. The van der Waals surface area contributed by atoms with Crippen molar-refractivity contribution < 1.29 is 4.74 Å². The Morgan fingerprint density at radius 3 is 2.25 bits per heavy atom. The predicted octanol–water partition coefficient (Wildman–Crippen LogP) is 2.15. The van der Waals surface area contributed by atoms with Crippen LogP contribution in [0.5, 0.6) is 0 Å². The molecule has 48 valence electrons. The van der Waals surface area contributed by atoms with Gasteiger partial charge in [0.15, 0.2) is 9.90 Å². The third-order valence-corrected chi connectivity index (χ3v) is 2.53. The van der Waals surface area contributed by atoms with Crippen LogP contribution in [0.1, 0.15) is 6.42 Å². The fourth-order valence-electron chi connectivity index (χ4n) is 0.534. The lowest BCUT2D eigenvalue weighted by Gasteiger charge is -2.12.